The molecule has 86 valence electrons. The first-order valence-electron chi connectivity index (χ1n) is 5.49. The summed E-state index contributed by atoms with van der Waals surface area (Å²) in [7, 11) is 2.16. The number of piperazine rings is 1. The van der Waals surface area contributed by atoms with E-state index in [0.717, 1.165) is 42.6 Å². The van der Waals surface area contributed by atoms with Gasteiger partial charge in [-0.15, -0.1) is 11.3 Å². The van der Waals surface area contributed by atoms with Crippen molar-refractivity contribution < 1.29 is 0 Å². The largest absolute Gasteiger partial charge is 0.304 e. The van der Waals surface area contributed by atoms with E-state index in [-0.39, 0.29) is 0 Å². The molecule has 0 aliphatic carbocycles. The highest BCUT2D eigenvalue weighted by Crippen LogP contribution is 2.16. The summed E-state index contributed by atoms with van der Waals surface area (Å²) in [6, 6.07) is 2.16. The number of hydrogen-bond donors (Lipinski definition) is 0. The molecule has 0 spiro atoms. The lowest BCUT2D eigenvalue weighted by molar-refractivity contribution is 0.148. The van der Waals surface area contributed by atoms with Crippen molar-refractivity contribution in [1.82, 2.24) is 14.8 Å². The van der Waals surface area contributed by atoms with Crippen molar-refractivity contribution in [3.63, 3.8) is 0 Å². The normalized spacial score (nSPS) is 18.5. The van der Waals surface area contributed by atoms with Gasteiger partial charge in [0.25, 0.3) is 0 Å². The van der Waals surface area contributed by atoms with Crippen LogP contribution >= 0.6 is 11.3 Å². The molecule has 0 amide bonds. The van der Waals surface area contributed by atoms with Crippen molar-refractivity contribution in [2.24, 2.45) is 0 Å². The van der Waals surface area contributed by atoms with Crippen LogP contribution in [0.4, 0.5) is 0 Å². The van der Waals surface area contributed by atoms with Crippen LogP contribution in [-0.2, 0) is 13.0 Å². The van der Waals surface area contributed by atoms with Crippen molar-refractivity contribution in [1.29, 1.82) is 5.26 Å². The second-order valence-electron chi connectivity index (χ2n) is 4.13. The third-order valence-electron chi connectivity index (χ3n) is 2.81. The fourth-order valence-corrected chi connectivity index (χ4v) is 2.68. The van der Waals surface area contributed by atoms with Gasteiger partial charge in [0.2, 0.25) is 0 Å². The Labute approximate surface area is 100 Å². The van der Waals surface area contributed by atoms with Gasteiger partial charge in [-0.25, -0.2) is 4.98 Å². The Balaban J connectivity index is 1.86. The fourth-order valence-electron chi connectivity index (χ4n) is 1.78. The molecular formula is C11H16N4S. The molecule has 1 aromatic heterocycles. The van der Waals surface area contributed by atoms with E-state index in [9.17, 15) is 0 Å². The molecule has 0 N–H and O–H groups in total. The zero-order chi connectivity index (χ0) is 11.4. The summed E-state index contributed by atoms with van der Waals surface area (Å²) in [6.07, 6.45) is 2.32. The van der Waals surface area contributed by atoms with Gasteiger partial charge in [-0.3, -0.25) is 4.90 Å². The van der Waals surface area contributed by atoms with Crippen LogP contribution in [-0.4, -0.2) is 48.0 Å². The van der Waals surface area contributed by atoms with E-state index in [1.165, 1.54) is 0 Å². The molecule has 0 aromatic carbocycles. The lowest BCUT2D eigenvalue weighted by Crippen LogP contribution is -2.43. The molecule has 0 saturated carbocycles. The molecular weight excluding hydrogens is 220 g/mol. The van der Waals surface area contributed by atoms with Gasteiger partial charge in [0, 0.05) is 37.3 Å². The first-order valence-corrected chi connectivity index (χ1v) is 6.31. The van der Waals surface area contributed by atoms with Crippen molar-refractivity contribution in [3.05, 3.63) is 16.1 Å². The summed E-state index contributed by atoms with van der Waals surface area (Å²) in [5.74, 6) is 0. The van der Waals surface area contributed by atoms with Gasteiger partial charge >= 0.3 is 0 Å². The van der Waals surface area contributed by atoms with Crippen LogP contribution in [0, 0.1) is 11.3 Å². The molecule has 0 atom stereocenters. The predicted octanol–water partition coefficient (Wildman–Crippen LogP) is 0.957. The van der Waals surface area contributed by atoms with Gasteiger partial charge in [-0.2, -0.15) is 5.26 Å². The minimum absolute atomic E-state index is 0.487. The maximum Gasteiger partial charge on any atom is 0.107 e. The second kappa shape index (κ2) is 5.39. The van der Waals surface area contributed by atoms with E-state index in [0.29, 0.717) is 6.42 Å². The smallest absolute Gasteiger partial charge is 0.107 e. The highest BCUT2D eigenvalue weighted by molar-refractivity contribution is 7.11. The Morgan fingerprint density at radius 1 is 1.44 bits per heavy atom. The average Bonchev–Trinajstić information content (AvgIpc) is 2.70. The van der Waals surface area contributed by atoms with Crippen molar-refractivity contribution >= 4 is 11.3 Å². The molecule has 1 aromatic rings. The summed E-state index contributed by atoms with van der Waals surface area (Å²) in [6.45, 7) is 5.43. The maximum absolute atomic E-state index is 8.59. The minimum atomic E-state index is 0.487. The van der Waals surface area contributed by atoms with E-state index < -0.39 is 0 Å². The summed E-state index contributed by atoms with van der Waals surface area (Å²) >= 11 is 1.66. The molecule has 16 heavy (non-hydrogen) atoms. The van der Waals surface area contributed by atoms with E-state index in [1.54, 1.807) is 11.3 Å². The molecule has 1 saturated heterocycles. The summed E-state index contributed by atoms with van der Waals surface area (Å²) in [5, 5.41) is 9.73. The first kappa shape index (κ1) is 11.5. The zero-order valence-electron chi connectivity index (χ0n) is 9.52. The number of thiazole rings is 1. The van der Waals surface area contributed by atoms with E-state index in [2.05, 4.69) is 27.9 Å². The van der Waals surface area contributed by atoms with Gasteiger partial charge in [-0.1, -0.05) is 0 Å². The van der Waals surface area contributed by atoms with Crippen LogP contribution in [0.15, 0.2) is 6.20 Å². The molecule has 0 radical (unpaired) electrons. The van der Waals surface area contributed by atoms with Crippen LogP contribution in [0.2, 0.25) is 0 Å². The van der Waals surface area contributed by atoms with E-state index in [4.69, 9.17) is 5.26 Å². The lowest BCUT2D eigenvalue weighted by Gasteiger charge is -2.31. The van der Waals surface area contributed by atoms with Crippen LogP contribution < -0.4 is 0 Å². The zero-order valence-corrected chi connectivity index (χ0v) is 10.3. The Hall–Kier alpha value is -0.960. The summed E-state index contributed by atoms with van der Waals surface area (Å²) in [5.41, 5.74) is 0. The van der Waals surface area contributed by atoms with Crippen molar-refractivity contribution in [3.8, 4) is 6.07 Å². The molecule has 1 aliphatic rings. The Bertz CT molecular complexity index is 374. The molecule has 4 nitrogen and oxygen atoms in total. The lowest BCUT2D eigenvalue weighted by atomic mass is 10.3. The highest BCUT2D eigenvalue weighted by Gasteiger charge is 2.15. The van der Waals surface area contributed by atoms with Crippen LogP contribution in [0.1, 0.15) is 9.88 Å². The molecule has 1 fully saturated rings. The second-order valence-corrected chi connectivity index (χ2v) is 5.33. The topological polar surface area (TPSA) is 43.2 Å². The van der Waals surface area contributed by atoms with Gasteiger partial charge < -0.3 is 4.90 Å². The molecule has 5 heteroatoms. The fraction of sp³-hybridized carbons (Fsp3) is 0.636. The van der Waals surface area contributed by atoms with E-state index in [1.807, 2.05) is 6.20 Å². The monoisotopic (exact) mass is 236 g/mol. The number of aromatic nitrogens is 1. The van der Waals surface area contributed by atoms with Crippen molar-refractivity contribution in [2.75, 3.05) is 33.2 Å². The quantitative estimate of drug-likeness (QED) is 0.784. The highest BCUT2D eigenvalue weighted by atomic mass is 32.1. The minimum Gasteiger partial charge on any atom is -0.304 e. The Kier molecular flexibility index (Phi) is 3.88. The molecule has 0 bridgehead atoms. The Morgan fingerprint density at radius 3 is 2.88 bits per heavy atom. The molecule has 1 aliphatic heterocycles. The third kappa shape index (κ3) is 3.01. The number of hydrogen-bond acceptors (Lipinski definition) is 5. The van der Waals surface area contributed by atoms with Gasteiger partial charge in [0.1, 0.15) is 5.01 Å². The maximum atomic E-state index is 8.59. The number of nitriles is 1. The Morgan fingerprint density at radius 2 is 2.19 bits per heavy atom. The first-order chi connectivity index (χ1) is 7.78. The van der Waals surface area contributed by atoms with Crippen LogP contribution in [0.25, 0.3) is 0 Å². The number of likely N-dealkylation sites (N-methyl/N-ethyl adjacent to an activating group) is 1. The van der Waals surface area contributed by atoms with Gasteiger partial charge in [0.15, 0.2) is 0 Å². The third-order valence-corrected chi connectivity index (χ3v) is 3.79. The van der Waals surface area contributed by atoms with Crippen LogP contribution in [0.3, 0.4) is 0 Å². The number of nitrogens with zero attached hydrogens (tertiary/aromatic N) is 4. The standard InChI is InChI=1S/C11H16N4S/c1-14-4-6-15(7-5-14)9-11-13-8-10(16-11)2-3-12/h8H,2,4-7,9H2,1H3. The van der Waals surface area contributed by atoms with Crippen LogP contribution in [0.5, 0.6) is 0 Å². The molecule has 2 rings (SSSR count). The average molecular weight is 236 g/mol. The summed E-state index contributed by atoms with van der Waals surface area (Å²) in [4.78, 5) is 10.2. The van der Waals surface area contributed by atoms with E-state index >= 15 is 0 Å². The summed E-state index contributed by atoms with van der Waals surface area (Å²) < 4.78 is 0. The van der Waals surface area contributed by atoms with Crippen molar-refractivity contribution in [2.45, 2.75) is 13.0 Å². The number of rotatable bonds is 3. The molecule has 2 heterocycles. The SMILES string of the molecule is CN1CCN(Cc2ncc(CC#N)s2)CC1. The predicted molar refractivity (Wildman–Crippen MR) is 64.2 cm³/mol. The molecule has 0 unspecified atom stereocenters. The van der Waals surface area contributed by atoms with Gasteiger partial charge in [-0.05, 0) is 7.05 Å². The van der Waals surface area contributed by atoms with Gasteiger partial charge in [0.05, 0.1) is 19.0 Å².